The molecule has 0 amide bonds. The normalized spacial score (nSPS) is 12.4. The predicted molar refractivity (Wildman–Crippen MR) is 134 cm³/mol. The fourth-order valence-corrected chi connectivity index (χ4v) is 3.11. The van der Waals surface area contributed by atoms with E-state index >= 15 is 0 Å². The molecule has 2 rings (SSSR count). The van der Waals surface area contributed by atoms with E-state index in [1.807, 2.05) is 76.2 Å². The summed E-state index contributed by atoms with van der Waals surface area (Å²) in [5, 5.41) is 8.09. The highest BCUT2D eigenvalue weighted by atomic mass is 16.6. The van der Waals surface area contributed by atoms with Crippen molar-refractivity contribution in [1.82, 2.24) is 0 Å². The minimum absolute atomic E-state index is 0.290. The third-order valence-electron chi connectivity index (χ3n) is 4.85. The molecule has 178 valence electrons. The maximum Gasteiger partial charge on any atom is 0.350 e. The fourth-order valence-electron chi connectivity index (χ4n) is 3.11. The van der Waals surface area contributed by atoms with Crippen LogP contribution in [-0.2, 0) is 22.4 Å². The summed E-state index contributed by atoms with van der Waals surface area (Å²) in [5.41, 5.74) is 7.78. The average Bonchev–Trinajstić information content (AvgIpc) is 2.69. The van der Waals surface area contributed by atoms with Crippen LogP contribution in [0.4, 0.5) is 0 Å². The van der Waals surface area contributed by atoms with Crippen molar-refractivity contribution >= 4 is 17.6 Å². The number of carbonyl (C=O) groups is 1. The van der Waals surface area contributed by atoms with Crippen LogP contribution in [0.15, 0.2) is 53.5 Å². The third kappa shape index (κ3) is 9.48. The van der Waals surface area contributed by atoms with Crippen molar-refractivity contribution in [1.29, 1.82) is 5.41 Å². The van der Waals surface area contributed by atoms with Crippen LogP contribution in [-0.4, -0.2) is 28.8 Å². The molecule has 2 aromatic carbocycles. The van der Waals surface area contributed by atoms with Crippen molar-refractivity contribution in [2.24, 2.45) is 10.7 Å². The van der Waals surface area contributed by atoms with Crippen LogP contribution in [0, 0.1) is 12.3 Å². The zero-order chi connectivity index (χ0) is 24.6. The summed E-state index contributed by atoms with van der Waals surface area (Å²) in [6, 6.07) is 15.8. The summed E-state index contributed by atoms with van der Waals surface area (Å²) in [7, 11) is 0. The van der Waals surface area contributed by atoms with Gasteiger partial charge in [0, 0.05) is 12.8 Å². The van der Waals surface area contributed by atoms with E-state index in [2.05, 4.69) is 4.99 Å². The molecule has 0 aliphatic carbocycles. The van der Waals surface area contributed by atoms with Crippen molar-refractivity contribution in [3.8, 4) is 5.75 Å². The Kier molecular flexibility index (Phi) is 8.80. The minimum atomic E-state index is -1.08. The van der Waals surface area contributed by atoms with Crippen molar-refractivity contribution in [2.75, 3.05) is 0 Å². The van der Waals surface area contributed by atoms with Gasteiger partial charge in [-0.2, -0.15) is 0 Å². The van der Waals surface area contributed by atoms with Gasteiger partial charge in [-0.05, 0) is 77.6 Å². The molecular weight excluding hydrogens is 414 g/mol. The first-order chi connectivity index (χ1) is 15.3. The topological polar surface area (TPSA) is 97.8 Å². The quantitative estimate of drug-likeness (QED) is 0.303. The Morgan fingerprint density at radius 2 is 1.55 bits per heavy atom. The molecule has 0 radical (unpaired) electrons. The van der Waals surface area contributed by atoms with Crippen LogP contribution in [0.1, 0.15) is 64.2 Å². The number of benzene rings is 2. The lowest BCUT2D eigenvalue weighted by Crippen LogP contribution is -2.43. The monoisotopic (exact) mass is 451 g/mol. The van der Waals surface area contributed by atoms with Crippen LogP contribution in [0.2, 0.25) is 0 Å². The number of hydrogen-bond acceptors (Lipinski definition) is 4. The second kappa shape index (κ2) is 11.1. The lowest BCUT2D eigenvalue weighted by molar-refractivity contribution is -0.170. The van der Waals surface area contributed by atoms with Gasteiger partial charge in [0.1, 0.15) is 23.0 Å². The second-order valence-electron chi connectivity index (χ2n) is 9.82. The Bertz CT molecular complexity index is 969. The van der Waals surface area contributed by atoms with Crippen molar-refractivity contribution in [2.45, 2.75) is 78.4 Å². The molecule has 0 aliphatic heterocycles. The van der Waals surface area contributed by atoms with Gasteiger partial charge in [-0.15, -0.1) is 0 Å². The molecule has 0 saturated heterocycles. The number of amidine groups is 2. The van der Waals surface area contributed by atoms with Gasteiger partial charge in [-0.3, -0.25) is 5.41 Å². The number of aryl methyl sites for hydroxylation is 2. The minimum Gasteiger partial charge on any atom is -0.476 e. The van der Waals surface area contributed by atoms with Crippen LogP contribution < -0.4 is 10.5 Å². The fraction of sp³-hybridized carbons (Fsp3) is 0.444. The predicted octanol–water partition coefficient (Wildman–Crippen LogP) is 5.39. The van der Waals surface area contributed by atoms with Crippen molar-refractivity contribution in [3.63, 3.8) is 0 Å². The molecule has 0 saturated carbocycles. The Hall–Kier alpha value is -3.15. The van der Waals surface area contributed by atoms with Gasteiger partial charge in [0.2, 0.25) is 0 Å². The number of aliphatic imine (C=N–C) groups is 1. The lowest BCUT2D eigenvalue weighted by atomic mass is 10.1. The highest BCUT2D eigenvalue weighted by Gasteiger charge is 2.34. The van der Waals surface area contributed by atoms with E-state index in [4.69, 9.17) is 20.6 Å². The van der Waals surface area contributed by atoms with E-state index in [1.54, 1.807) is 13.8 Å². The Balaban J connectivity index is 1.81. The zero-order valence-corrected chi connectivity index (χ0v) is 20.7. The summed E-state index contributed by atoms with van der Waals surface area (Å²) in [6.07, 6.45) is 2.71. The number of esters is 1. The molecule has 3 N–H and O–H groups in total. The maximum atomic E-state index is 12.4. The molecule has 2 aromatic rings. The van der Waals surface area contributed by atoms with Gasteiger partial charge >= 0.3 is 5.97 Å². The van der Waals surface area contributed by atoms with E-state index in [-0.39, 0.29) is 0 Å². The molecule has 0 spiro atoms. The molecule has 0 fully saturated rings. The number of nitrogens with one attached hydrogen (secondary N) is 1. The van der Waals surface area contributed by atoms with E-state index in [9.17, 15) is 4.79 Å². The summed E-state index contributed by atoms with van der Waals surface area (Å²) in [5.74, 6) is 0.951. The lowest BCUT2D eigenvalue weighted by Gasteiger charge is -2.29. The largest absolute Gasteiger partial charge is 0.476 e. The number of nitrogens with zero attached hydrogens (tertiary/aromatic N) is 1. The number of ether oxygens (including phenoxy) is 2. The standard InChI is InChI=1S/C27H37N3O3/c1-19-10-12-21(13-11-19)18-24(29)30-23(28)9-7-8-20-14-16-22(17-15-20)32-27(5,6)25(31)33-26(2,3)4/h10-17H,7-9,18H2,1-6H3,(H3,28,29,30). The van der Waals surface area contributed by atoms with Gasteiger partial charge in [0.15, 0.2) is 5.60 Å². The van der Waals surface area contributed by atoms with Crippen LogP contribution >= 0.6 is 0 Å². The zero-order valence-electron chi connectivity index (χ0n) is 20.7. The number of hydrogen-bond donors (Lipinski definition) is 2. The number of nitrogens with two attached hydrogens (primary N) is 1. The van der Waals surface area contributed by atoms with Gasteiger partial charge in [0.25, 0.3) is 0 Å². The molecule has 0 heterocycles. The number of carbonyl (C=O) groups excluding carboxylic acids is 1. The van der Waals surface area contributed by atoms with E-state index in [0.717, 1.165) is 24.0 Å². The van der Waals surface area contributed by atoms with Gasteiger partial charge in [0.05, 0.1) is 0 Å². The molecule has 6 heteroatoms. The Morgan fingerprint density at radius 3 is 2.12 bits per heavy atom. The van der Waals surface area contributed by atoms with Crippen LogP contribution in [0.3, 0.4) is 0 Å². The summed E-state index contributed by atoms with van der Waals surface area (Å²) in [4.78, 5) is 16.6. The first kappa shape index (κ1) is 26.1. The van der Waals surface area contributed by atoms with Gasteiger partial charge in [-0.25, -0.2) is 9.79 Å². The number of rotatable bonds is 9. The van der Waals surface area contributed by atoms with Gasteiger partial charge in [-0.1, -0.05) is 42.0 Å². The second-order valence-corrected chi connectivity index (χ2v) is 9.82. The van der Waals surface area contributed by atoms with Crippen LogP contribution in [0.5, 0.6) is 5.75 Å². The third-order valence-corrected chi connectivity index (χ3v) is 4.85. The molecule has 33 heavy (non-hydrogen) atoms. The average molecular weight is 452 g/mol. The molecule has 0 aliphatic rings. The molecular formula is C27H37N3O3. The molecule has 0 bridgehead atoms. The first-order valence-electron chi connectivity index (χ1n) is 11.3. The van der Waals surface area contributed by atoms with E-state index in [1.165, 1.54) is 5.56 Å². The highest BCUT2D eigenvalue weighted by Crippen LogP contribution is 2.23. The summed E-state index contributed by atoms with van der Waals surface area (Å²) in [6.45, 7) is 10.9. The Morgan fingerprint density at radius 1 is 0.970 bits per heavy atom. The van der Waals surface area contributed by atoms with Gasteiger partial charge < -0.3 is 15.2 Å². The van der Waals surface area contributed by atoms with E-state index in [0.29, 0.717) is 30.3 Å². The van der Waals surface area contributed by atoms with E-state index < -0.39 is 17.2 Å². The Labute approximate surface area is 197 Å². The molecule has 6 nitrogen and oxygen atoms in total. The highest BCUT2D eigenvalue weighted by molar-refractivity contribution is 5.95. The maximum absolute atomic E-state index is 12.4. The summed E-state index contributed by atoms with van der Waals surface area (Å²) >= 11 is 0. The molecule has 0 aromatic heterocycles. The van der Waals surface area contributed by atoms with Crippen LogP contribution in [0.25, 0.3) is 0 Å². The smallest absolute Gasteiger partial charge is 0.350 e. The van der Waals surface area contributed by atoms with Crippen molar-refractivity contribution in [3.05, 3.63) is 65.2 Å². The molecule has 0 unspecified atom stereocenters. The first-order valence-corrected chi connectivity index (χ1v) is 11.3. The summed E-state index contributed by atoms with van der Waals surface area (Å²) < 4.78 is 11.3. The SMILES string of the molecule is Cc1ccc(CC(N)=NC(=N)CCCc2ccc(OC(C)(C)C(=O)OC(C)(C)C)cc2)cc1. The van der Waals surface area contributed by atoms with Crippen molar-refractivity contribution < 1.29 is 14.3 Å². The molecule has 0 atom stereocenters.